The van der Waals surface area contributed by atoms with Crippen LogP contribution in [-0.2, 0) is 0 Å². The first-order valence-corrected chi connectivity index (χ1v) is 7.44. The van der Waals surface area contributed by atoms with E-state index in [2.05, 4.69) is 15.9 Å². The topological polar surface area (TPSA) is 72.6 Å². The Hall–Kier alpha value is -0.850. The lowest BCUT2D eigenvalue weighted by molar-refractivity contribution is -0.386. The summed E-state index contributed by atoms with van der Waals surface area (Å²) in [6.07, 6.45) is 0.510. The molecular weight excluding hydrogens is 350 g/mol. The van der Waals surface area contributed by atoms with Crippen molar-refractivity contribution in [2.75, 3.05) is 0 Å². The van der Waals surface area contributed by atoms with Crippen molar-refractivity contribution in [2.24, 2.45) is 5.41 Å². The molecule has 0 bridgehead atoms. The highest BCUT2D eigenvalue weighted by molar-refractivity contribution is 9.10. The third kappa shape index (κ3) is 2.52. The lowest BCUT2D eigenvalue weighted by atomic mass is 9.63. The molecule has 1 aliphatic carbocycles. The predicted octanol–water partition coefficient (Wildman–Crippen LogP) is 3.94. The summed E-state index contributed by atoms with van der Waals surface area (Å²) in [5.41, 5.74) is -0.559. The number of aliphatic hydroxyl groups excluding tert-OH is 1. The van der Waals surface area contributed by atoms with Crippen LogP contribution in [0.1, 0.15) is 26.7 Å². The molecule has 5 nitrogen and oxygen atoms in total. The Bertz CT molecular complexity index is 553. The van der Waals surface area contributed by atoms with Crippen molar-refractivity contribution in [1.82, 2.24) is 0 Å². The van der Waals surface area contributed by atoms with Gasteiger partial charge in [-0.05, 0) is 28.4 Å². The Kier molecular flexibility index (Phi) is 4.27. The van der Waals surface area contributed by atoms with Crippen molar-refractivity contribution in [1.29, 1.82) is 0 Å². The van der Waals surface area contributed by atoms with Gasteiger partial charge < -0.3 is 9.84 Å². The van der Waals surface area contributed by atoms with Crippen LogP contribution in [0.25, 0.3) is 0 Å². The second-order valence-corrected chi connectivity index (χ2v) is 6.50. The molecule has 7 heteroatoms. The maximum absolute atomic E-state index is 11.1. The molecule has 110 valence electrons. The summed E-state index contributed by atoms with van der Waals surface area (Å²) in [6, 6.07) is 2.82. The number of rotatable bonds is 4. The molecule has 1 saturated carbocycles. The second-order valence-electron chi connectivity index (χ2n) is 5.21. The molecule has 0 amide bonds. The van der Waals surface area contributed by atoms with Gasteiger partial charge in [0.05, 0.1) is 15.5 Å². The first kappa shape index (κ1) is 15.5. The molecule has 20 heavy (non-hydrogen) atoms. The van der Waals surface area contributed by atoms with Crippen molar-refractivity contribution in [3.05, 3.63) is 31.7 Å². The van der Waals surface area contributed by atoms with E-state index in [0.29, 0.717) is 10.9 Å². The summed E-state index contributed by atoms with van der Waals surface area (Å²) in [6.45, 7) is 3.88. The van der Waals surface area contributed by atoms with Gasteiger partial charge >= 0.3 is 5.69 Å². The minimum Gasteiger partial charge on any atom is -0.482 e. The van der Waals surface area contributed by atoms with Crippen LogP contribution in [0, 0.1) is 15.5 Å². The molecule has 1 aliphatic rings. The van der Waals surface area contributed by atoms with E-state index in [0.717, 1.165) is 6.42 Å². The zero-order chi connectivity index (χ0) is 15.1. The van der Waals surface area contributed by atoms with Gasteiger partial charge in [0.2, 0.25) is 5.75 Å². The first-order chi connectivity index (χ1) is 9.29. The number of ether oxygens (including phenoxy) is 1. The van der Waals surface area contributed by atoms with E-state index in [1.54, 1.807) is 6.07 Å². The standard InChI is InChI=1S/C13H15BrClNO4/c1-3-13(2)10(17)6-11(13)20-12-8(14)4-7(15)5-9(12)16(18)19/h4-5,10-11,17H,3,6H2,1-2H3. The minimum atomic E-state index is -0.523. The summed E-state index contributed by atoms with van der Waals surface area (Å²) < 4.78 is 6.24. The minimum absolute atomic E-state index is 0.163. The summed E-state index contributed by atoms with van der Waals surface area (Å²) >= 11 is 9.07. The highest BCUT2D eigenvalue weighted by atomic mass is 79.9. The van der Waals surface area contributed by atoms with Crippen LogP contribution in [0.15, 0.2) is 16.6 Å². The molecule has 0 aliphatic heterocycles. The van der Waals surface area contributed by atoms with Crippen LogP contribution < -0.4 is 4.74 Å². The zero-order valence-electron chi connectivity index (χ0n) is 11.1. The Morgan fingerprint density at radius 1 is 1.65 bits per heavy atom. The van der Waals surface area contributed by atoms with E-state index < -0.39 is 11.0 Å². The average Bonchev–Trinajstić information content (AvgIpc) is 2.38. The van der Waals surface area contributed by atoms with Crippen molar-refractivity contribution in [3.8, 4) is 5.75 Å². The second kappa shape index (κ2) is 5.50. The number of aliphatic hydroxyl groups is 1. The molecule has 1 aromatic rings. The quantitative estimate of drug-likeness (QED) is 0.649. The molecule has 2 rings (SSSR count). The number of halogens is 2. The van der Waals surface area contributed by atoms with E-state index in [4.69, 9.17) is 16.3 Å². The molecule has 0 aromatic heterocycles. The van der Waals surface area contributed by atoms with Gasteiger partial charge in [-0.3, -0.25) is 10.1 Å². The number of nitrogens with zero attached hydrogens (tertiary/aromatic N) is 1. The monoisotopic (exact) mass is 363 g/mol. The molecule has 1 aromatic carbocycles. The summed E-state index contributed by atoms with van der Waals surface area (Å²) in [7, 11) is 0. The Balaban J connectivity index is 2.33. The van der Waals surface area contributed by atoms with Crippen LogP contribution >= 0.6 is 27.5 Å². The molecule has 0 radical (unpaired) electrons. The van der Waals surface area contributed by atoms with Gasteiger partial charge in [-0.2, -0.15) is 0 Å². The molecule has 3 atom stereocenters. The fraction of sp³-hybridized carbons (Fsp3) is 0.538. The fourth-order valence-corrected chi connectivity index (χ4v) is 3.27. The highest BCUT2D eigenvalue weighted by Gasteiger charge is 2.52. The van der Waals surface area contributed by atoms with E-state index >= 15 is 0 Å². The SMILES string of the molecule is CCC1(C)C(O)CC1Oc1c(Br)cc(Cl)cc1[N+](=O)[O-]. The third-order valence-corrected chi connectivity index (χ3v) is 4.95. The van der Waals surface area contributed by atoms with E-state index in [9.17, 15) is 15.2 Å². The number of benzene rings is 1. The van der Waals surface area contributed by atoms with Crippen molar-refractivity contribution < 1.29 is 14.8 Å². The number of hydrogen-bond acceptors (Lipinski definition) is 4. The molecule has 1 N–H and O–H groups in total. The van der Waals surface area contributed by atoms with Gasteiger partial charge in [-0.15, -0.1) is 0 Å². The van der Waals surface area contributed by atoms with Crippen LogP contribution in [0.2, 0.25) is 5.02 Å². The van der Waals surface area contributed by atoms with Gasteiger partial charge in [0.25, 0.3) is 0 Å². The average molecular weight is 365 g/mol. The Labute approximate surface area is 130 Å². The summed E-state index contributed by atoms with van der Waals surface area (Å²) in [5.74, 6) is 0.163. The normalized spacial score (nSPS) is 28.9. The van der Waals surface area contributed by atoms with Crippen LogP contribution in [0.3, 0.4) is 0 Å². The van der Waals surface area contributed by atoms with E-state index in [1.807, 2.05) is 13.8 Å². The molecule has 1 fully saturated rings. The predicted molar refractivity (Wildman–Crippen MR) is 79.2 cm³/mol. The fourth-order valence-electron chi connectivity index (χ4n) is 2.38. The highest BCUT2D eigenvalue weighted by Crippen LogP contribution is 2.48. The van der Waals surface area contributed by atoms with Gasteiger partial charge in [-0.25, -0.2) is 0 Å². The van der Waals surface area contributed by atoms with Gasteiger partial charge in [0.15, 0.2) is 0 Å². The lowest BCUT2D eigenvalue weighted by Crippen LogP contribution is -2.57. The van der Waals surface area contributed by atoms with Crippen molar-refractivity contribution in [3.63, 3.8) is 0 Å². The molecule has 0 saturated heterocycles. The van der Waals surface area contributed by atoms with Crippen molar-refractivity contribution in [2.45, 2.75) is 38.9 Å². The zero-order valence-corrected chi connectivity index (χ0v) is 13.4. The molecule has 3 unspecified atom stereocenters. The maximum Gasteiger partial charge on any atom is 0.313 e. The Morgan fingerprint density at radius 3 is 2.80 bits per heavy atom. The van der Waals surface area contributed by atoms with E-state index in [1.165, 1.54) is 6.07 Å². The third-order valence-electron chi connectivity index (χ3n) is 4.14. The van der Waals surface area contributed by atoms with Gasteiger partial charge in [-0.1, -0.05) is 25.4 Å². The van der Waals surface area contributed by atoms with Gasteiger partial charge in [0.1, 0.15) is 6.10 Å². The molecule has 0 spiro atoms. The van der Waals surface area contributed by atoms with Crippen LogP contribution in [-0.4, -0.2) is 22.2 Å². The summed E-state index contributed by atoms with van der Waals surface area (Å²) in [5, 5.41) is 21.2. The van der Waals surface area contributed by atoms with Crippen LogP contribution in [0.4, 0.5) is 5.69 Å². The molecular formula is C13H15BrClNO4. The van der Waals surface area contributed by atoms with Crippen LogP contribution in [0.5, 0.6) is 5.75 Å². The molecule has 0 heterocycles. The lowest BCUT2D eigenvalue weighted by Gasteiger charge is -2.50. The summed E-state index contributed by atoms with van der Waals surface area (Å²) in [4.78, 5) is 10.6. The first-order valence-electron chi connectivity index (χ1n) is 6.27. The number of hydrogen-bond donors (Lipinski definition) is 1. The Morgan fingerprint density at radius 2 is 2.30 bits per heavy atom. The maximum atomic E-state index is 11.1. The van der Waals surface area contributed by atoms with Gasteiger partial charge in [0, 0.05) is 22.9 Å². The largest absolute Gasteiger partial charge is 0.482 e. The smallest absolute Gasteiger partial charge is 0.313 e. The number of nitro benzene ring substituents is 1. The van der Waals surface area contributed by atoms with E-state index in [-0.39, 0.29) is 28.0 Å². The van der Waals surface area contributed by atoms with Crippen molar-refractivity contribution >= 4 is 33.2 Å². The number of nitro groups is 1.